The molecule has 0 atom stereocenters. The van der Waals surface area contributed by atoms with Crippen LogP contribution in [0.3, 0.4) is 0 Å². The first kappa shape index (κ1) is 13.3. The fourth-order valence-electron chi connectivity index (χ4n) is 2.12. The molecule has 3 aromatic heterocycles. The monoisotopic (exact) mass is 284 g/mol. The van der Waals surface area contributed by atoms with Crippen LogP contribution in [-0.4, -0.2) is 38.0 Å². The van der Waals surface area contributed by atoms with Gasteiger partial charge in [0.25, 0.3) is 0 Å². The van der Waals surface area contributed by atoms with Crippen LogP contribution >= 0.6 is 0 Å². The smallest absolute Gasteiger partial charge is 0.132 e. The largest absolute Gasteiger partial charge is 0.383 e. The SMILES string of the molecule is COCCn1cc(-n2cncc2-c2cccnc2N)cn1. The van der Waals surface area contributed by atoms with Crippen LogP contribution in [0.2, 0.25) is 0 Å². The molecule has 2 N–H and O–H groups in total. The number of methoxy groups -OCH3 is 1. The van der Waals surface area contributed by atoms with E-state index in [9.17, 15) is 0 Å². The summed E-state index contributed by atoms with van der Waals surface area (Å²) < 4.78 is 8.81. The number of nitrogens with zero attached hydrogens (tertiary/aromatic N) is 5. The summed E-state index contributed by atoms with van der Waals surface area (Å²) in [7, 11) is 1.67. The molecule has 0 aromatic carbocycles. The van der Waals surface area contributed by atoms with E-state index in [2.05, 4.69) is 15.1 Å². The van der Waals surface area contributed by atoms with E-state index in [0.717, 1.165) is 16.9 Å². The number of nitrogen functional groups attached to an aromatic ring is 1. The summed E-state index contributed by atoms with van der Waals surface area (Å²) in [4.78, 5) is 8.32. The fourth-order valence-corrected chi connectivity index (χ4v) is 2.12. The standard InChI is InChI=1S/C14H16N6O/c1-21-6-5-19-9-11(7-18-19)20-10-16-8-13(20)12-3-2-4-17-14(12)15/h2-4,7-10H,5-6H2,1H3,(H2,15,17). The molecule has 3 aromatic rings. The number of ether oxygens (including phenoxy) is 1. The van der Waals surface area contributed by atoms with Crippen LogP contribution in [0, 0.1) is 0 Å². The van der Waals surface area contributed by atoms with Crippen LogP contribution in [0.5, 0.6) is 0 Å². The highest BCUT2D eigenvalue weighted by molar-refractivity contribution is 5.71. The number of rotatable bonds is 5. The van der Waals surface area contributed by atoms with Crippen LogP contribution in [0.1, 0.15) is 0 Å². The third kappa shape index (κ3) is 2.63. The van der Waals surface area contributed by atoms with Crippen molar-refractivity contribution in [2.24, 2.45) is 0 Å². The van der Waals surface area contributed by atoms with Gasteiger partial charge in [-0.1, -0.05) is 0 Å². The average Bonchev–Trinajstić information content (AvgIpc) is 3.14. The van der Waals surface area contributed by atoms with E-state index in [0.29, 0.717) is 19.0 Å². The lowest BCUT2D eigenvalue weighted by Gasteiger charge is -2.07. The molecule has 7 nitrogen and oxygen atoms in total. The third-order valence-electron chi connectivity index (χ3n) is 3.18. The van der Waals surface area contributed by atoms with Gasteiger partial charge in [0.05, 0.1) is 43.3 Å². The van der Waals surface area contributed by atoms with Crippen LogP contribution in [-0.2, 0) is 11.3 Å². The van der Waals surface area contributed by atoms with Gasteiger partial charge < -0.3 is 10.5 Å². The molecule has 0 saturated heterocycles. The Bertz CT molecular complexity index is 732. The van der Waals surface area contributed by atoms with Gasteiger partial charge in [0.15, 0.2) is 0 Å². The molecule has 3 rings (SSSR count). The molecular formula is C14H16N6O. The minimum absolute atomic E-state index is 0.478. The van der Waals surface area contributed by atoms with E-state index in [-0.39, 0.29) is 0 Å². The highest BCUT2D eigenvalue weighted by Crippen LogP contribution is 2.25. The minimum atomic E-state index is 0.478. The fraction of sp³-hybridized carbons (Fsp3) is 0.214. The van der Waals surface area contributed by atoms with Crippen molar-refractivity contribution in [1.82, 2.24) is 24.3 Å². The maximum absolute atomic E-state index is 5.94. The highest BCUT2D eigenvalue weighted by Gasteiger charge is 2.11. The summed E-state index contributed by atoms with van der Waals surface area (Å²) in [5, 5.41) is 4.31. The highest BCUT2D eigenvalue weighted by atomic mass is 16.5. The maximum Gasteiger partial charge on any atom is 0.132 e. The van der Waals surface area contributed by atoms with Crippen molar-refractivity contribution in [3.8, 4) is 16.9 Å². The molecule has 21 heavy (non-hydrogen) atoms. The van der Waals surface area contributed by atoms with Gasteiger partial charge in [-0.05, 0) is 12.1 Å². The Labute approximate surface area is 122 Å². The van der Waals surface area contributed by atoms with Crippen molar-refractivity contribution >= 4 is 5.82 Å². The number of aromatic nitrogens is 5. The van der Waals surface area contributed by atoms with Crippen LogP contribution in [0.4, 0.5) is 5.82 Å². The van der Waals surface area contributed by atoms with Gasteiger partial charge in [0, 0.05) is 25.1 Å². The molecule has 0 spiro atoms. The Morgan fingerprint density at radius 1 is 1.33 bits per heavy atom. The number of pyridine rings is 1. The summed E-state index contributed by atoms with van der Waals surface area (Å²) in [6, 6.07) is 3.77. The molecule has 0 saturated carbocycles. The van der Waals surface area contributed by atoms with Crippen molar-refractivity contribution in [2.75, 3.05) is 19.5 Å². The Balaban J connectivity index is 1.96. The molecule has 0 bridgehead atoms. The molecule has 7 heteroatoms. The average molecular weight is 284 g/mol. The van der Waals surface area contributed by atoms with E-state index < -0.39 is 0 Å². The summed E-state index contributed by atoms with van der Waals surface area (Å²) >= 11 is 0. The zero-order chi connectivity index (χ0) is 14.7. The van der Waals surface area contributed by atoms with Gasteiger partial charge in [-0.3, -0.25) is 9.25 Å². The quantitative estimate of drug-likeness (QED) is 0.764. The lowest BCUT2D eigenvalue weighted by atomic mass is 10.2. The number of anilines is 1. The topological polar surface area (TPSA) is 83.8 Å². The molecule has 0 aliphatic carbocycles. The lowest BCUT2D eigenvalue weighted by Crippen LogP contribution is -2.04. The first-order chi connectivity index (χ1) is 10.3. The van der Waals surface area contributed by atoms with Crippen LogP contribution in [0.25, 0.3) is 16.9 Å². The second-order valence-electron chi connectivity index (χ2n) is 4.54. The van der Waals surface area contributed by atoms with Gasteiger partial charge in [-0.2, -0.15) is 5.10 Å². The molecule has 0 radical (unpaired) electrons. The number of nitrogens with two attached hydrogens (primary N) is 1. The predicted octanol–water partition coefficient (Wildman–Crippen LogP) is 1.36. The molecule has 0 unspecified atom stereocenters. The molecule has 3 heterocycles. The van der Waals surface area contributed by atoms with E-state index in [1.54, 1.807) is 32.0 Å². The van der Waals surface area contributed by atoms with Gasteiger partial charge in [-0.25, -0.2) is 9.97 Å². The van der Waals surface area contributed by atoms with E-state index in [4.69, 9.17) is 10.5 Å². The summed E-state index contributed by atoms with van der Waals surface area (Å²) in [5.41, 5.74) is 8.59. The molecule has 0 fully saturated rings. The summed E-state index contributed by atoms with van der Waals surface area (Å²) in [6.07, 6.45) is 8.89. The van der Waals surface area contributed by atoms with Crippen molar-refractivity contribution in [3.05, 3.63) is 43.2 Å². The molecule has 0 amide bonds. The Hall–Kier alpha value is -2.67. The summed E-state index contributed by atoms with van der Waals surface area (Å²) in [5.74, 6) is 0.478. The Kier molecular flexibility index (Phi) is 3.65. The Morgan fingerprint density at radius 2 is 2.24 bits per heavy atom. The lowest BCUT2D eigenvalue weighted by molar-refractivity contribution is 0.183. The van der Waals surface area contributed by atoms with Crippen molar-refractivity contribution in [1.29, 1.82) is 0 Å². The molecule has 0 aliphatic rings. The van der Waals surface area contributed by atoms with Crippen LogP contribution in [0.15, 0.2) is 43.2 Å². The van der Waals surface area contributed by atoms with E-state index in [1.807, 2.05) is 27.6 Å². The second-order valence-corrected chi connectivity index (χ2v) is 4.54. The van der Waals surface area contributed by atoms with Crippen molar-refractivity contribution in [3.63, 3.8) is 0 Å². The Morgan fingerprint density at radius 3 is 3.05 bits per heavy atom. The zero-order valence-corrected chi connectivity index (χ0v) is 11.7. The van der Waals surface area contributed by atoms with Gasteiger partial charge in [0.2, 0.25) is 0 Å². The van der Waals surface area contributed by atoms with Crippen molar-refractivity contribution < 1.29 is 4.74 Å². The van der Waals surface area contributed by atoms with E-state index >= 15 is 0 Å². The normalized spacial score (nSPS) is 10.9. The minimum Gasteiger partial charge on any atom is -0.383 e. The zero-order valence-electron chi connectivity index (χ0n) is 11.7. The second kappa shape index (κ2) is 5.76. The number of hydrogen-bond acceptors (Lipinski definition) is 5. The molecule has 108 valence electrons. The first-order valence-corrected chi connectivity index (χ1v) is 6.54. The molecule has 0 aliphatic heterocycles. The van der Waals surface area contributed by atoms with Gasteiger partial charge >= 0.3 is 0 Å². The summed E-state index contributed by atoms with van der Waals surface area (Å²) in [6.45, 7) is 1.32. The maximum atomic E-state index is 5.94. The predicted molar refractivity (Wildman–Crippen MR) is 78.9 cm³/mol. The molecular weight excluding hydrogens is 268 g/mol. The van der Waals surface area contributed by atoms with Crippen LogP contribution < -0.4 is 5.73 Å². The van der Waals surface area contributed by atoms with Gasteiger partial charge in [0.1, 0.15) is 5.82 Å². The number of hydrogen-bond donors (Lipinski definition) is 1. The van der Waals surface area contributed by atoms with E-state index in [1.165, 1.54) is 0 Å². The first-order valence-electron chi connectivity index (χ1n) is 6.54. The number of imidazole rings is 1. The third-order valence-corrected chi connectivity index (χ3v) is 3.18. The van der Waals surface area contributed by atoms with Gasteiger partial charge in [-0.15, -0.1) is 0 Å². The van der Waals surface area contributed by atoms with Crippen molar-refractivity contribution in [2.45, 2.75) is 6.54 Å².